The zero-order chi connectivity index (χ0) is 24.2. The second-order valence-electron chi connectivity index (χ2n) is 8.00. The normalized spacial score (nSPS) is 11.3. The minimum Gasteiger partial charge on any atom is -0.366 e. The Balaban J connectivity index is 1.35. The van der Waals surface area contributed by atoms with Crippen molar-refractivity contribution in [1.82, 2.24) is 14.6 Å². The Bertz CT molecular complexity index is 1520. The summed E-state index contributed by atoms with van der Waals surface area (Å²) in [5, 5.41) is 15.5. The molecule has 8 heteroatoms. The number of anilines is 2. The van der Waals surface area contributed by atoms with Crippen LogP contribution in [-0.2, 0) is 11.3 Å². The number of hydrogen-bond acceptors (Lipinski definition) is 5. The molecule has 0 saturated heterocycles. The number of hydrogen-bond donors (Lipinski definition) is 2. The minimum atomic E-state index is -0.173. The lowest BCUT2D eigenvalue weighted by Crippen LogP contribution is -2.09. The Morgan fingerprint density at radius 2 is 2.03 bits per heavy atom. The number of fused-ring (bicyclic) bond motifs is 1. The SMILES string of the molecule is Cc1cnn2c(NCc3cccc(NC(=O)/C=C/c4ccsc4)c3)cc(-c3ccccc3Cl)nc12. The molecule has 0 unspecified atom stereocenters. The zero-order valence-corrected chi connectivity index (χ0v) is 20.5. The van der Waals surface area contributed by atoms with E-state index in [0.29, 0.717) is 11.6 Å². The summed E-state index contributed by atoms with van der Waals surface area (Å²) in [5.74, 6) is 0.625. The number of rotatable bonds is 7. The fraction of sp³-hybridized carbons (Fsp3) is 0.0741. The molecule has 0 aliphatic rings. The summed E-state index contributed by atoms with van der Waals surface area (Å²) >= 11 is 8.03. The second kappa shape index (κ2) is 10.1. The third-order valence-corrected chi connectivity index (χ3v) is 6.47. The molecule has 0 fully saturated rings. The number of nitrogens with one attached hydrogen (secondary N) is 2. The number of benzene rings is 2. The van der Waals surface area contributed by atoms with Crippen molar-refractivity contribution in [2.75, 3.05) is 10.6 Å². The lowest BCUT2D eigenvalue weighted by Gasteiger charge is -2.12. The monoisotopic (exact) mass is 499 g/mol. The van der Waals surface area contributed by atoms with Gasteiger partial charge >= 0.3 is 0 Å². The van der Waals surface area contributed by atoms with Crippen molar-refractivity contribution >= 4 is 52.1 Å². The Labute approximate surface area is 211 Å². The number of thiophene rings is 1. The highest BCUT2D eigenvalue weighted by Gasteiger charge is 2.12. The number of carbonyl (C=O) groups is 1. The molecule has 174 valence electrons. The van der Waals surface area contributed by atoms with Crippen LogP contribution in [0.15, 0.2) is 83.7 Å². The second-order valence-corrected chi connectivity index (χ2v) is 9.19. The molecule has 0 radical (unpaired) electrons. The summed E-state index contributed by atoms with van der Waals surface area (Å²) in [6.45, 7) is 2.52. The van der Waals surface area contributed by atoms with Crippen LogP contribution < -0.4 is 10.6 Å². The number of halogens is 1. The first-order chi connectivity index (χ1) is 17.1. The Hall–Kier alpha value is -3.94. The van der Waals surface area contributed by atoms with Crippen molar-refractivity contribution in [1.29, 1.82) is 0 Å². The van der Waals surface area contributed by atoms with Crippen molar-refractivity contribution in [3.8, 4) is 11.3 Å². The van der Waals surface area contributed by atoms with Gasteiger partial charge in [-0.25, -0.2) is 4.98 Å². The van der Waals surface area contributed by atoms with Gasteiger partial charge in [-0.15, -0.1) is 0 Å². The van der Waals surface area contributed by atoms with Crippen LogP contribution >= 0.6 is 22.9 Å². The highest BCUT2D eigenvalue weighted by Crippen LogP contribution is 2.29. The van der Waals surface area contributed by atoms with Crippen molar-refractivity contribution in [2.45, 2.75) is 13.5 Å². The Morgan fingerprint density at radius 1 is 1.14 bits per heavy atom. The molecule has 0 aliphatic carbocycles. The van der Waals surface area contributed by atoms with Crippen molar-refractivity contribution < 1.29 is 4.79 Å². The van der Waals surface area contributed by atoms with Crippen molar-refractivity contribution in [3.05, 3.63) is 105 Å². The molecule has 35 heavy (non-hydrogen) atoms. The van der Waals surface area contributed by atoms with E-state index in [-0.39, 0.29) is 5.91 Å². The summed E-state index contributed by atoms with van der Waals surface area (Å²) in [6, 6.07) is 19.3. The van der Waals surface area contributed by atoms with Crippen LogP contribution in [0, 0.1) is 6.92 Å². The third-order valence-electron chi connectivity index (χ3n) is 5.44. The van der Waals surface area contributed by atoms with Crippen LogP contribution in [0.2, 0.25) is 5.02 Å². The first kappa shape index (κ1) is 22.8. The smallest absolute Gasteiger partial charge is 0.248 e. The molecule has 1 amide bonds. The molecule has 0 bridgehead atoms. The molecule has 0 spiro atoms. The summed E-state index contributed by atoms with van der Waals surface area (Å²) in [7, 11) is 0. The van der Waals surface area contributed by atoms with E-state index in [9.17, 15) is 4.79 Å². The standard InChI is InChI=1S/C27H22ClN5OS/c1-18-15-30-33-25(14-24(32-27(18)33)22-7-2-3-8-23(22)28)29-16-20-5-4-6-21(13-20)31-26(34)10-9-19-11-12-35-17-19/h2-15,17,29H,16H2,1H3,(H,31,34)/b10-9+. The number of nitrogens with zero attached hydrogens (tertiary/aromatic N) is 3. The predicted octanol–water partition coefficient (Wildman–Crippen LogP) is 6.68. The molecule has 2 aromatic carbocycles. The topological polar surface area (TPSA) is 71.3 Å². The molecule has 3 heterocycles. The maximum Gasteiger partial charge on any atom is 0.248 e. The van der Waals surface area contributed by atoms with Gasteiger partial charge in [-0.2, -0.15) is 21.0 Å². The van der Waals surface area contributed by atoms with E-state index < -0.39 is 0 Å². The van der Waals surface area contributed by atoms with E-state index in [4.69, 9.17) is 16.6 Å². The van der Waals surface area contributed by atoms with E-state index in [1.165, 1.54) is 6.08 Å². The largest absolute Gasteiger partial charge is 0.366 e. The van der Waals surface area contributed by atoms with Gasteiger partial charge in [0, 0.05) is 40.5 Å². The molecule has 5 rings (SSSR count). The van der Waals surface area contributed by atoms with Gasteiger partial charge in [-0.3, -0.25) is 4.79 Å². The molecule has 6 nitrogen and oxygen atoms in total. The van der Waals surface area contributed by atoms with Crippen LogP contribution in [0.1, 0.15) is 16.7 Å². The molecule has 0 aliphatic heterocycles. The summed E-state index contributed by atoms with van der Waals surface area (Å²) < 4.78 is 1.79. The average molecular weight is 500 g/mol. The van der Waals surface area contributed by atoms with E-state index in [0.717, 1.165) is 45.1 Å². The number of amides is 1. The highest BCUT2D eigenvalue weighted by molar-refractivity contribution is 7.08. The minimum absolute atomic E-state index is 0.173. The van der Waals surface area contributed by atoms with E-state index >= 15 is 0 Å². The quantitative estimate of drug-likeness (QED) is 0.245. The first-order valence-electron chi connectivity index (χ1n) is 11.0. The van der Waals surface area contributed by atoms with Crippen LogP contribution in [-0.4, -0.2) is 20.5 Å². The molecular weight excluding hydrogens is 478 g/mol. The highest BCUT2D eigenvalue weighted by atomic mass is 35.5. The van der Waals surface area contributed by atoms with Gasteiger partial charge in [0.25, 0.3) is 0 Å². The number of aromatic nitrogens is 3. The third kappa shape index (κ3) is 5.26. The molecule has 0 atom stereocenters. The summed E-state index contributed by atoms with van der Waals surface area (Å²) in [6.07, 6.45) is 5.13. The number of carbonyl (C=O) groups excluding carboxylic acids is 1. The van der Waals surface area contributed by atoms with Gasteiger partial charge < -0.3 is 10.6 Å². The van der Waals surface area contributed by atoms with Gasteiger partial charge in [-0.1, -0.05) is 41.9 Å². The average Bonchev–Trinajstić information content (AvgIpc) is 3.52. The molecular formula is C27H22ClN5OS. The Kier molecular flexibility index (Phi) is 6.61. The van der Waals surface area contributed by atoms with Gasteiger partial charge in [0.15, 0.2) is 5.65 Å². The fourth-order valence-corrected chi connectivity index (χ4v) is 4.54. The van der Waals surface area contributed by atoms with Crippen LogP contribution in [0.4, 0.5) is 11.5 Å². The maximum atomic E-state index is 12.3. The van der Waals surface area contributed by atoms with Crippen molar-refractivity contribution in [3.63, 3.8) is 0 Å². The van der Waals surface area contributed by atoms with Crippen LogP contribution in [0.3, 0.4) is 0 Å². The number of aryl methyl sites for hydroxylation is 1. The van der Waals surface area contributed by atoms with Gasteiger partial charge in [0.1, 0.15) is 5.82 Å². The first-order valence-corrected chi connectivity index (χ1v) is 12.3. The molecule has 0 saturated carbocycles. The molecule has 5 aromatic rings. The molecule has 2 N–H and O–H groups in total. The Morgan fingerprint density at radius 3 is 2.86 bits per heavy atom. The van der Waals surface area contributed by atoms with E-state index in [2.05, 4.69) is 15.7 Å². The van der Waals surface area contributed by atoms with E-state index in [1.54, 1.807) is 28.1 Å². The van der Waals surface area contributed by atoms with Gasteiger partial charge in [0.2, 0.25) is 5.91 Å². The van der Waals surface area contributed by atoms with E-state index in [1.807, 2.05) is 78.3 Å². The van der Waals surface area contributed by atoms with Crippen molar-refractivity contribution in [2.24, 2.45) is 0 Å². The predicted molar refractivity (Wildman–Crippen MR) is 144 cm³/mol. The fourth-order valence-electron chi connectivity index (χ4n) is 3.68. The summed E-state index contributed by atoms with van der Waals surface area (Å²) in [4.78, 5) is 17.1. The zero-order valence-electron chi connectivity index (χ0n) is 18.9. The molecule has 3 aromatic heterocycles. The van der Waals surface area contributed by atoms with Gasteiger partial charge in [-0.05, 0) is 59.2 Å². The summed E-state index contributed by atoms with van der Waals surface area (Å²) in [5.41, 5.74) is 6.13. The van der Waals surface area contributed by atoms with Crippen LogP contribution in [0.5, 0.6) is 0 Å². The maximum absolute atomic E-state index is 12.3. The van der Waals surface area contributed by atoms with Gasteiger partial charge in [0.05, 0.1) is 11.9 Å². The van der Waals surface area contributed by atoms with Crippen LogP contribution in [0.25, 0.3) is 23.0 Å². The lowest BCUT2D eigenvalue weighted by atomic mass is 10.1. The lowest BCUT2D eigenvalue weighted by molar-refractivity contribution is -0.111.